The van der Waals surface area contributed by atoms with Crippen LogP contribution in [0.25, 0.3) is 0 Å². The number of rotatable bonds is 10. The predicted octanol–water partition coefficient (Wildman–Crippen LogP) is 1.40. The van der Waals surface area contributed by atoms with E-state index < -0.39 is 10.0 Å². The molecule has 0 saturated heterocycles. The number of likely N-dealkylation sites (N-methyl/N-ethyl adjacent to an activating group) is 1. The lowest BCUT2D eigenvalue weighted by Gasteiger charge is -2.23. The maximum absolute atomic E-state index is 12.1. The molecule has 0 radical (unpaired) electrons. The summed E-state index contributed by atoms with van der Waals surface area (Å²) in [5, 5.41) is 3.06. The average molecular weight is 317 g/mol. The van der Waals surface area contributed by atoms with Crippen molar-refractivity contribution in [3.63, 3.8) is 0 Å². The van der Waals surface area contributed by atoms with Gasteiger partial charge in [-0.1, -0.05) is 13.8 Å². The largest absolute Gasteiger partial charge is 0.447 e. The molecular formula is C14H27N3O3S. The molecule has 6 nitrogen and oxygen atoms in total. The fourth-order valence-corrected chi connectivity index (χ4v) is 2.77. The van der Waals surface area contributed by atoms with Crippen molar-refractivity contribution in [2.75, 3.05) is 26.7 Å². The molecule has 0 amide bonds. The second-order valence-corrected chi connectivity index (χ2v) is 6.83. The van der Waals surface area contributed by atoms with Crippen molar-refractivity contribution in [3.05, 3.63) is 17.9 Å². The number of sulfonamides is 1. The quantitative estimate of drug-likeness (QED) is 0.682. The third-order valence-corrected chi connectivity index (χ3v) is 4.88. The number of furan rings is 1. The van der Waals surface area contributed by atoms with Crippen molar-refractivity contribution in [2.24, 2.45) is 0 Å². The van der Waals surface area contributed by atoms with E-state index in [0.29, 0.717) is 31.4 Å². The molecule has 1 atom stereocenters. The van der Waals surface area contributed by atoms with Gasteiger partial charge in [0.15, 0.2) is 0 Å². The van der Waals surface area contributed by atoms with Crippen LogP contribution in [0.4, 0.5) is 0 Å². The van der Waals surface area contributed by atoms with Crippen LogP contribution < -0.4 is 10.0 Å². The summed E-state index contributed by atoms with van der Waals surface area (Å²) in [7, 11) is -1.57. The first-order chi connectivity index (χ1) is 9.90. The topological polar surface area (TPSA) is 74.6 Å². The number of hydrogen-bond donors (Lipinski definition) is 2. The van der Waals surface area contributed by atoms with Gasteiger partial charge in [0.05, 0.1) is 6.54 Å². The Labute approximate surface area is 127 Å². The van der Waals surface area contributed by atoms with Gasteiger partial charge in [-0.3, -0.25) is 0 Å². The second kappa shape index (κ2) is 8.53. The molecule has 0 saturated carbocycles. The Morgan fingerprint density at radius 3 is 2.67 bits per heavy atom. The lowest BCUT2D eigenvalue weighted by molar-refractivity contribution is 0.256. The zero-order chi connectivity index (χ0) is 15.9. The summed E-state index contributed by atoms with van der Waals surface area (Å²) in [6.07, 6.45) is 1.04. The van der Waals surface area contributed by atoms with Crippen LogP contribution in [0.5, 0.6) is 0 Å². The molecule has 1 rings (SSSR count). The summed E-state index contributed by atoms with van der Waals surface area (Å²) < 4.78 is 32.1. The van der Waals surface area contributed by atoms with E-state index in [4.69, 9.17) is 4.42 Å². The zero-order valence-electron chi connectivity index (χ0n) is 13.3. The minimum atomic E-state index is -3.56. The van der Waals surface area contributed by atoms with Gasteiger partial charge in [0, 0.05) is 19.1 Å². The van der Waals surface area contributed by atoms with E-state index in [0.717, 1.165) is 13.0 Å². The Morgan fingerprint density at radius 2 is 2.05 bits per heavy atom. The van der Waals surface area contributed by atoms with E-state index in [-0.39, 0.29) is 5.09 Å². The van der Waals surface area contributed by atoms with Crippen LogP contribution in [0.3, 0.4) is 0 Å². The molecule has 0 aliphatic carbocycles. The standard InChI is InChI=1S/C14H27N3O3S/c1-5-12(3)17(4)10-9-16-21(18,19)14-8-7-13(20-14)11-15-6-2/h7-8,12,15-16H,5-6,9-11H2,1-4H3. The van der Waals surface area contributed by atoms with Gasteiger partial charge in [0.2, 0.25) is 5.09 Å². The highest BCUT2D eigenvalue weighted by Gasteiger charge is 2.18. The van der Waals surface area contributed by atoms with Crippen LogP contribution in [0, 0.1) is 0 Å². The minimum absolute atomic E-state index is 0.0263. The van der Waals surface area contributed by atoms with Gasteiger partial charge in [0.1, 0.15) is 5.76 Å². The molecule has 7 heteroatoms. The van der Waals surface area contributed by atoms with Gasteiger partial charge in [-0.2, -0.15) is 0 Å². The highest BCUT2D eigenvalue weighted by atomic mass is 32.2. The second-order valence-electron chi connectivity index (χ2n) is 5.14. The fourth-order valence-electron chi connectivity index (χ4n) is 1.81. The molecule has 122 valence electrons. The maximum Gasteiger partial charge on any atom is 0.274 e. The van der Waals surface area contributed by atoms with E-state index >= 15 is 0 Å². The van der Waals surface area contributed by atoms with E-state index in [2.05, 4.69) is 28.8 Å². The van der Waals surface area contributed by atoms with Gasteiger partial charge in [0.25, 0.3) is 10.0 Å². The number of hydrogen-bond acceptors (Lipinski definition) is 5. The number of nitrogens with one attached hydrogen (secondary N) is 2. The first-order valence-corrected chi connectivity index (χ1v) is 8.88. The summed E-state index contributed by atoms with van der Waals surface area (Å²) in [5.41, 5.74) is 0. The van der Waals surface area contributed by atoms with Gasteiger partial charge in [-0.15, -0.1) is 0 Å². The molecule has 1 heterocycles. The Kier molecular flexibility index (Phi) is 7.37. The van der Waals surface area contributed by atoms with Gasteiger partial charge >= 0.3 is 0 Å². The van der Waals surface area contributed by atoms with Gasteiger partial charge in [-0.25, -0.2) is 13.1 Å². The lowest BCUT2D eigenvalue weighted by Crippen LogP contribution is -2.36. The van der Waals surface area contributed by atoms with Crippen molar-refractivity contribution in [2.45, 2.75) is 44.9 Å². The molecule has 0 aromatic carbocycles. The molecule has 0 bridgehead atoms. The maximum atomic E-state index is 12.1. The summed E-state index contributed by atoms with van der Waals surface area (Å²) in [4.78, 5) is 2.13. The van der Waals surface area contributed by atoms with Crippen molar-refractivity contribution in [3.8, 4) is 0 Å². The first kappa shape index (κ1) is 18.2. The Bertz CT molecular complexity index is 513. The Morgan fingerprint density at radius 1 is 1.33 bits per heavy atom. The normalized spacial score (nSPS) is 13.8. The zero-order valence-corrected chi connectivity index (χ0v) is 14.2. The highest BCUT2D eigenvalue weighted by Crippen LogP contribution is 2.13. The van der Waals surface area contributed by atoms with Crippen molar-refractivity contribution in [1.82, 2.24) is 14.9 Å². The van der Waals surface area contributed by atoms with Crippen molar-refractivity contribution >= 4 is 10.0 Å². The van der Waals surface area contributed by atoms with Crippen molar-refractivity contribution in [1.29, 1.82) is 0 Å². The summed E-state index contributed by atoms with van der Waals surface area (Å²) in [5.74, 6) is 0.619. The SMILES string of the molecule is CCNCc1ccc(S(=O)(=O)NCCN(C)C(C)CC)o1. The predicted molar refractivity (Wildman–Crippen MR) is 83.7 cm³/mol. The third kappa shape index (κ3) is 5.78. The summed E-state index contributed by atoms with van der Waals surface area (Å²) in [6, 6.07) is 3.61. The Balaban J connectivity index is 2.51. The molecule has 2 N–H and O–H groups in total. The Hall–Kier alpha value is -0.890. The van der Waals surface area contributed by atoms with Crippen LogP contribution in [0.2, 0.25) is 0 Å². The third-order valence-electron chi connectivity index (χ3n) is 3.55. The van der Waals surface area contributed by atoms with Crippen LogP contribution in [0.1, 0.15) is 33.0 Å². The molecular weight excluding hydrogens is 290 g/mol. The highest BCUT2D eigenvalue weighted by molar-refractivity contribution is 7.89. The molecule has 1 aromatic rings. The van der Waals surface area contributed by atoms with Gasteiger partial charge < -0.3 is 14.6 Å². The van der Waals surface area contributed by atoms with E-state index in [1.165, 1.54) is 6.07 Å². The van der Waals surface area contributed by atoms with Crippen LogP contribution in [-0.2, 0) is 16.6 Å². The van der Waals surface area contributed by atoms with E-state index in [1.54, 1.807) is 6.07 Å². The molecule has 1 unspecified atom stereocenters. The molecule has 0 aliphatic heterocycles. The fraction of sp³-hybridized carbons (Fsp3) is 0.714. The van der Waals surface area contributed by atoms with E-state index in [1.807, 2.05) is 14.0 Å². The molecule has 21 heavy (non-hydrogen) atoms. The number of nitrogens with zero attached hydrogens (tertiary/aromatic N) is 1. The first-order valence-electron chi connectivity index (χ1n) is 7.40. The monoisotopic (exact) mass is 317 g/mol. The summed E-state index contributed by atoms with van der Waals surface area (Å²) >= 11 is 0. The smallest absolute Gasteiger partial charge is 0.274 e. The van der Waals surface area contributed by atoms with Crippen LogP contribution in [0.15, 0.2) is 21.6 Å². The lowest BCUT2D eigenvalue weighted by atomic mass is 10.2. The van der Waals surface area contributed by atoms with E-state index in [9.17, 15) is 8.42 Å². The van der Waals surface area contributed by atoms with Crippen LogP contribution >= 0.6 is 0 Å². The molecule has 0 fully saturated rings. The molecule has 0 aliphatic rings. The average Bonchev–Trinajstić information content (AvgIpc) is 2.93. The molecule has 0 spiro atoms. The van der Waals surface area contributed by atoms with Gasteiger partial charge in [-0.05, 0) is 39.1 Å². The molecule has 1 aromatic heterocycles. The van der Waals surface area contributed by atoms with Crippen LogP contribution in [-0.4, -0.2) is 46.0 Å². The van der Waals surface area contributed by atoms with Crippen molar-refractivity contribution < 1.29 is 12.8 Å². The summed E-state index contributed by atoms with van der Waals surface area (Å²) in [6.45, 7) is 8.58. The minimum Gasteiger partial charge on any atom is -0.447 e.